The van der Waals surface area contributed by atoms with E-state index in [9.17, 15) is 4.79 Å². The molecule has 1 unspecified atom stereocenters. The number of ether oxygens (including phenoxy) is 1. The van der Waals surface area contributed by atoms with Crippen molar-refractivity contribution in [1.29, 1.82) is 0 Å². The van der Waals surface area contributed by atoms with Gasteiger partial charge in [-0.15, -0.1) is 0 Å². The third kappa shape index (κ3) is 2.86. The molecular weight excluding hydrogens is 186 g/mol. The quantitative estimate of drug-likeness (QED) is 0.701. The number of carbonyl (C=O) groups excluding carboxylic acids is 1. The Morgan fingerprint density at radius 2 is 2.57 bits per heavy atom. The lowest BCUT2D eigenvalue weighted by molar-refractivity contribution is 0.0814. The molecule has 78 valence electrons. The highest BCUT2D eigenvalue weighted by Gasteiger charge is 2.14. The number of furan rings is 1. The molecule has 0 spiro atoms. The Kier molecular flexibility index (Phi) is 4.15. The average Bonchev–Trinajstić information content (AvgIpc) is 2.69. The van der Waals surface area contributed by atoms with Crippen LogP contribution < -0.4 is 5.32 Å². The van der Waals surface area contributed by atoms with E-state index in [0.717, 1.165) is 0 Å². The monoisotopic (exact) mass is 199 g/mol. The fraction of sp³-hybridized carbons (Fsp3) is 0.444. The number of nitrogens with one attached hydrogen (secondary N) is 1. The second-order valence-corrected chi connectivity index (χ2v) is 2.79. The van der Waals surface area contributed by atoms with Crippen LogP contribution in [0, 0.1) is 0 Å². The van der Waals surface area contributed by atoms with Gasteiger partial charge in [0, 0.05) is 7.11 Å². The molecule has 5 heteroatoms. The number of aliphatic hydroxyl groups excluding tert-OH is 1. The van der Waals surface area contributed by atoms with Crippen LogP contribution in [-0.4, -0.2) is 37.4 Å². The predicted molar refractivity (Wildman–Crippen MR) is 48.9 cm³/mol. The second kappa shape index (κ2) is 5.41. The van der Waals surface area contributed by atoms with Crippen LogP contribution in [0.2, 0.25) is 0 Å². The van der Waals surface area contributed by atoms with Gasteiger partial charge in [0.1, 0.15) is 0 Å². The number of amides is 1. The van der Waals surface area contributed by atoms with Gasteiger partial charge in [-0.05, 0) is 12.1 Å². The number of methoxy groups -OCH3 is 1. The summed E-state index contributed by atoms with van der Waals surface area (Å²) in [6.07, 6.45) is 1.42. The molecule has 0 aliphatic heterocycles. The Labute approximate surface area is 81.7 Å². The fourth-order valence-electron chi connectivity index (χ4n) is 1.01. The first-order chi connectivity index (χ1) is 6.77. The standard InChI is InChI=1S/C9H13NO4/c1-13-6-7(5-11)10-9(12)8-3-2-4-14-8/h2-4,7,11H,5-6H2,1H3,(H,10,12). The maximum Gasteiger partial charge on any atom is 0.287 e. The van der Waals surface area contributed by atoms with Crippen molar-refractivity contribution < 1.29 is 19.1 Å². The third-order valence-electron chi connectivity index (χ3n) is 1.67. The molecule has 0 aliphatic carbocycles. The Hall–Kier alpha value is -1.33. The van der Waals surface area contributed by atoms with Gasteiger partial charge in [-0.1, -0.05) is 0 Å². The molecule has 14 heavy (non-hydrogen) atoms. The molecule has 1 aromatic rings. The molecule has 1 atom stereocenters. The smallest absolute Gasteiger partial charge is 0.287 e. The summed E-state index contributed by atoms with van der Waals surface area (Å²) < 4.78 is 9.69. The topological polar surface area (TPSA) is 71.7 Å². The van der Waals surface area contributed by atoms with Crippen molar-refractivity contribution in [3.05, 3.63) is 24.2 Å². The highest BCUT2D eigenvalue weighted by molar-refractivity contribution is 5.91. The summed E-state index contributed by atoms with van der Waals surface area (Å²) in [5.41, 5.74) is 0. The number of rotatable bonds is 5. The zero-order valence-electron chi connectivity index (χ0n) is 7.90. The van der Waals surface area contributed by atoms with Crippen molar-refractivity contribution in [2.24, 2.45) is 0 Å². The van der Waals surface area contributed by atoms with Gasteiger partial charge in [0.05, 0.1) is 25.5 Å². The molecule has 0 aliphatic rings. The summed E-state index contributed by atoms with van der Waals surface area (Å²) in [7, 11) is 1.50. The molecule has 0 saturated heterocycles. The van der Waals surface area contributed by atoms with E-state index in [-0.39, 0.29) is 24.9 Å². The fourth-order valence-corrected chi connectivity index (χ4v) is 1.01. The molecule has 0 radical (unpaired) electrons. The lowest BCUT2D eigenvalue weighted by Crippen LogP contribution is -2.40. The van der Waals surface area contributed by atoms with E-state index in [1.807, 2.05) is 0 Å². The van der Waals surface area contributed by atoms with Crippen LogP contribution in [-0.2, 0) is 4.74 Å². The van der Waals surface area contributed by atoms with Crippen molar-refractivity contribution >= 4 is 5.91 Å². The summed E-state index contributed by atoms with van der Waals surface area (Å²) in [6.45, 7) is 0.100. The zero-order valence-corrected chi connectivity index (χ0v) is 7.90. The van der Waals surface area contributed by atoms with E-state index >= 15 is 0 Å². The first-order valence-corrected chi connectivity index (χ1v) is 4.22. The lowest BCUT2D eigenvalue weighted by Gasteiger charge is -2.13. The zero-order chi connectivity index (χ0) is 10.4. The molecule has 1 heterocycles. The Bertz CT molecular complexity index is 270. The molecular formula is C9H13NO4. The average molecular weight is 199 g/mol. The molecule has 0 fully saturated rings. The van der Waals surface area contributed by atoms with E-state index in [2.05, 4.69) is 5.32 Å². The maximum absolute atomic E-state index is 11.4. The number of hydrogen-bond acceptors (Lipinski definition) is 4. The molecule has 1 rings (SSSR count). The van der Waals surface area contributed by atoms with Crippen LogP contribution in [0.3, 0.4) is 0 Å². The summed E-state index contributed by atoms with van der Waals surface area (Å²) in [5, 5.41) is 11.4. The molecule has 1 aromatic heterocycles. The van der Waals surface area contributed by atoms with Crippen LogP contribution in [0.15, 0.2) is 22.8 Å². The van der Waals surface area contributed by atoms with Crippen LogP contribution >= 0.6 is 0 Å². The van der Waals surface area contributed by atoms with E-state index in [4.69, 9.17) is 14.3 Å². The van der Waals surface area contributed by atoms with Crippen molar-refractivity contribution in [2.45, 2.75) is 6.04 Å². The molecule has 0 aromatic carbocycles. The highest BCUT2D eigenvalue weighted by atomic mass is 16.5. The van der Waals surface area contributed by atoms with Gasteiger partial charge in [-0.2, -0.15) is 0 Å². The van der Waals surface area contributed by atoms with Crippen molar-refractivity contribution in [1.82, 2.24) is 5.32 Å². The van der Waals surface area contributed by atoms with Crippen LogP contribution in [0.1, 0.15) is 10.6 Å². The minimum atomic E-state index is -0.405. The largest absolute Gasteiger partial charge is 0.459 e. The first-order valence-electron chi connectivity index (χ1n) is 4.22. The summed E-state index contributed by atoms with van der Waals surface area (Å²) >= 11 is 0. The summed E-state index contributed by atoms with van der Waals surface area (Å²) in [4.78, 5) is 11.4. The Balaban J connectivity index is 2.47. The molecule has 0 bridgehead atoms. The van der Waals surface area contributed by atoms with Crippen molar-refractivity contribution in [3.63, 3.8) is 0 Å². The Morgan fingerprint density at radius 3 is 3.07 bits per heavy atom. The van der Waals surface area contributed by atoms with Gasteiger partial charge < -0.3 is 19.6 Å². The SMILES string of the molecule is COCC(CO)NC(=O)c1ccco1. The van der Waals surface area contributed by atoms with Crippen LogP contribution in [0.25, 0.3) is 0 Å². The van der Waals surface area contributed by atoms with E-state index in [0.29, 0.717) is 0 Å². The van der Waals surface area contributed by atoms with E-state index < -0.39 is 6.04 Å². The van der Waals surface area contributed by atoms with Gasteiger partial charge in [-0.3, -0.25) is 4.79 Å². The molecule has 0 saturated carbocycles. The van der Waals surface area contributed by atoms with Crippen molar-refractivity contribution in [2.75, 3.05) is 20.3 Å². The number of hydrogen-bond donors (Lipinski definition) is 2. The minimum absolute atomic E-state index is 0.166. The predicted octanol–water partition coefficient (Wildman–Crippen LogP) is 0.0167. The van der Waals surface area contributed by atoms with Gasteiger partial charge >= 0.3 is 0 Å². The second-order valence-electron chi connectivity index (χ2n) is 2.79. The maximum atomic E-state index is 11.4. The Morgan fingerprint density at radius 1 is 1.79 bits per heavy atom. The highest BCUT2D eigenvalue weighted by Crippen LogP contribution is 1.99. The molecule has 5 nitrogen and oxygen atoms in total. The molecule has 1 amide bonds. The minimum Gasteiger partial charge on any atom is -0.459 e. The van der Waals surface area contributed by atoms with Gasteiger partial charge in [-0.25, -0.2) is 0 Å². The third-order valence-corrected chi connectivity index (χ3v) is 1.67. The van der Waals surface area contributed by atoms with E-state index in [1.54, 1.807) is 12.1 Å². The van der Waals surface area contributed by atoms with E-state index in [1.165, 1.54) is 13.4 Å². The lowest BCUT2D eigenvalue weighted by atomic mass is 10.3. The van der Waals surface area contributed by atoms with Crippen molar-refractivity contribution in [3.8, 4) is 0 Å². The molecule has 2 N–H and O–H groups in total. The summed E-state index contributed by atoms with van der Waals surface area (Å²) in [6, 6.07) is 2.77. The number of carbonyl (C=O) groups is 1. The summed E-state index contributed by atoms with van der Waals surface area (Å²) in [5.74, 6) is -0.134. The number of aliphatic hydroxyl groups is 1. The van der Waals surface area contributed by atoms with Crippen LogP contribution in [0.4, 0.5) is 0 Å². The normalized spacial score (nSPS) is 12.4. The van der Waals surface area contributed by atoms with Gasteiger partial charge in [0.15, 0.2) is 5.76 Å². The van der Waals surface area contributed by atoms with Gasteiger partial charge in [0.2, 0.25) is 0 Å². The van der Waals surface area contributed by atoms with Crippen LogP contribution in [0.5, 0.6) is 0 Å². The van der Waals surface area contributed by atoms with Gasteiger partial charge in [0.25, 0.3) is 5.91 Å². The first kappa shape index (κ1) is 10.7.